The number of benzene rings is 2. The lowest BCUT2D eigenvalue weighted by Gasteiger charge is -2.08. The first-order valence-electron chi connectivity index (χ1n) is 6.79. The zero-order valence-corrected chi connectivity index (χ0v) is 12.5. The van der Waals surface area contributed by atoms with Crippen LogP contribution in [0.25, 0.3) is 10.1 Å². The largest absolute Gasteiger partial charge is 0.486 e. The molecule has 1 aromatic heterocycles. The normalized spacial score (nSPS) is 11.0. The fraction of sp³-hybridized carbons (Fsp3) is 0.176. The number of rotatable bonds is 5. The molecule has 0 saturated carbocycles. The third-order valence-electron chi connectivity index (χ3n) is 3.32. The molecule has 21 heavy (non-hydrogen) atoms. The van der Waals surface area contributed by atoms with E-state index in [-0.39, 0.29) is 5.82 Å². The molecule has 0 atom stereocenters. The first-order chi connectivity index (χ1) is 10.3. The van der Waals surface area contributed by atoms with E-state index in [4.69, 9.17) is 4.74 Å². The molecule has 1 N–H and O–H groups in total. The molecule has 3 rings (SSSR count). The Bertz CT molecular complexity index is 753. The van der Waals surface area contributed by atoms with Crippen LogP contribution in [0.5, 0.6) is 5.75 Å². The van der Waals surface area contributed by atoms with Crippen molar-refractivity contribution in [3.63, 3.8) is 0 Å². The highest BCUT2D eigenvalue weighted by Crippen LogP contribution is 2.27. The van der Waals surface area contributed by atoms with E-state index in [0.717, 1.165) is 11.1 Å². The molecule has 2 nitrogen and oxygen atoms in total. The molecule has 2 aromatic carbocycles. The summed E-state index contributed by atoms with van der Waals surface area (Å²) in [5.74, 6) is -0.0209. The van der Waals surface area contributed by atoms with Crippen LogP contribution in [0.1, 0.15) is 11.1 Å². The molecule has 0 radical (unpaired) electrons. The van der Waals surface area contributed by atoms with E-state index in [1.807, 2.05) is 25.2 Å². The lowest BCUT2D eigenvalue weighted by molar-refractivity contribution is 0.292. The predicted molar refractivity (Wildman–Crippen MR) is 85.3 cm³/mol. The fourth-order valence-electron chi connectivity index (χ4n) is 2.28. The van der Waals surface area contributed by atoms with E-state index >= 15 is 0 Å². The Labute approximate surface area is 127 Å². The lowest BCUT2D eigenvalue weighted by atomic mass is 10.2. The van der Waals surface area contributed by atoms with Gasteiger partial charge in [-0.2, -0.15) is 0 Å². The summed E-state index contributed by atoms with van der Waals surface area (Å²) in [6.45, 7) is 1.03. The van der Waals surface area contributed by atoms with Crippen molar-refractivity contribution in [3.8, 4) is 5.75 Å². The zero-order valence-electron chi connectivity index (χ0n) is 11.7. The van der Waals surface area contributed by atoms with Gasteiger partial charge in [0.25, 0.3) is 0 Å². The molecule has 108 valence electrons. The van der Waals surface area contributed by atoms with Crippen molar-refractivity contribution in [2.75, 3.05) is 7.05 Å². The Balaban J connectivity index is 1.75. The minimum Gasteiger partial charge on any atom is -0.486 e. The highest BCUT2D eigenvalue weighted by molar-refractivity contribution is 7.17. The smallest absolute Gasteiger partial charge is 0.165 e. The number of hydrogen-bond donors (Lipinski definition) is 1. The number of nitrogens with one attached hydrogen (secondary N) is 1. The maximum Gasteiger partial charge on any atom is 0.165 e. The average Bonchev–Trinajstić information content (AvgIpc) is 2.90. The summed E-state index contributed by atoms with van der Waals surface area (Å²) in [5.41, 5.74) is 2.00. The van der Waals surface area contributed by atoms with Crippen molar-refractivity contribution in [1.82, 2.24) is 5.32 Å². The molecule has 0 unspecified atom stereocenters. The van der Waals surface area contributed by atoms with Crippen LogP contribution in [0, 0.1) is 5.82 Å². The van der Waals surface area contributed by atoms with E-state index in [1.165, 1.54) is 16.2 Å². The van der Waals surface area contributed by atoms with Crippen molar-refractivity contribution in [2.45, 2.75) is 13.2 Å². The van der Waals surface area contributed by atoms with Crippen LogP contribution in [0.3, 0.4) is 0 Å². The second-order valence-corrected chi connectivity index (χ2v) is 5.75. The molecule has 0 amide bonds. The predicted octanol–water partition coefficient (Wildman–Crippen LogP) is 4.34. The van der Waals surface area contributed by atoms with Crippen molar-refractivity contribution in [3.05, 3.63) is 64.8 Å². The molecule has 0 aliphatic rings. The van der Waals surface area contributed by atoms with E-state index < -0.39 is 0 Å². The van der Waals surface area contributed by atoms with Gasteiger partial charge in [0.15, 0.2) is 11.6 Å². The Morgan fingerprint density at radius 1 is 1.19 bits per heavy atom. The average molecular weight is 301 g/mol. The molecule has 0 saturated heterocycles. The van der Waals surface area contributed by atoms with Gasteiger partial charge in [-0.05, 0) is 41.6 Å². The molecule has 3 aromatic rings. The topological polar surface area (TPSA) is 21.3 Å². The summed E-state index contributed by atoms with van der Waals surface area (Å²) in [6.07, 6.45) is 0. The second-order valence-electron chi connectivity index (χ2n) is 4.84. The number of ether oxygens (including phenoxy) is 1. The van der Waals surface area contributed by atoms with Gasteiger partial charge in [0.2, 0.25) is 0 Å². The zero-order chi connectivity index (χ0) is 14.7. The van der Waals surface area contributed by atoms with Gasteiger partial charge in [-0.25, -0.2) is 4.39 Å². The Morgan fingerprint density at radius 2 is 2.05 bits per heavy atom. The molecular formula is C17H16FNOS. The first-order valence-corrected chi connectivity index (χ1v) is 7.67. The minimum absolute atomic E-state index is 0.296. The molecule has 0 aliphatic heterocycles. The second kappa shape index (κ2) is 6.24. The minimum atomic E-state index is -0.317. The maximum absolute atomic E-state index is 14.0. The molecular weight excluding hydrogens is 285 g/mol. The van der Waals surface area contributed by atoms with Gasteiger partial charge >= 0.3 is 0 Å². The van der Waals surface area contributed by atoms with Crippen LogP contribution in [0.2, 0.25) is 0 Å². The highest BCUT2D eigenvalue weighted by Gasteiger charge is 2.08. The van der Waals surface area contributed by atoms with Crippen molar-refractivity contribution in [2.24, 2.45) is 0 Å². The van der Waals surface area contributed by atoms with E-state index in [0.29, 0.717) is 18.9 Å². The van der Waals surface area contributed by atoms with Crippen LogP contribution in [-0.2, 0) is 13.2 Å². The SMILES string of the molecule is CNCc1ccc(OCc2csc3ccccc23)c(F)c1. The van der Waals surface area contributed by atoms with E-state index in [9.17, 15) is 4.39 Å². The lowest BCUT2D eigenvalue weighted by Crippen LogP contribution is -2.05. The summed E-state index contributed by atoms with van der Waals surface area (Å²) in [4.78, 5) is 0. The molecule has 4 heteroatoms. The Kier molecular flexibility index (Phi) is 4.18. The highest BCUT2D eigenvalue weighted by atomic mass is 32.1. The van der Waals surface area contributed by atoms with Crippen LogP contribution in [0.4, 0.5) is 4.39 Å². The van der Waals surface area contributed by atoms with Gasteiger partial charge in [-0.1, -0.05) is 24.3 Å². The summed E-state index contributed by atoms with van der Waals surface area (Å²) < 4.78 is 20.8. The summed E-state index contributed by atoms with van der Waals surface area (Å²) in [6, 6.07) is 13.2. The molecule has 0 spiro atoms. The molecule has 0 bridgehead atoms. The van der Waals surface area contributed by atoms with Gasteiger partial charge in [-0.3, -0.25) is 0 Å². The van der Waals surface area contributed by atoms with Crippen molar-refractivity contribution < 1.29 is 9.13 Å². The van der Waals surface area contributed by atoms with Crippen LogP contribution in [0.15, 0.2) is 47.8 Å². The maximum atomic E-state index is 14.0. The number of fused-ring (bicyclic) bond motifs is 1. The number of thiophene rings is 1. The monoisotopic (exact) mass is 301 g/mol. The van der Waals surface area contributed by atoms with Crippen LogP contribution in [-0.4, -0.2) is 7.05 Å². The van der Waals surface area contributed by atoms with E-state index in [2.05, 4.69) is 22.8 Å². The van der Waals surface area contributed by atoms with Gasteiger partial charge < -0.3 is 10.1 Å². The third kappa shape index (κ3) is 3.06. The van der Waals surface area contributed by atoms with Crippen LogP contribution < -0.4 is 10.1 Å². The van der Waals surface area contributed by atoms with Gasteiger partial charge in [0.05, 0.1) is 0 Å². The Morgan fingerprint density at radius 3 is 2.86 bits per heavy atom. The molecule has 0 aliphatic carbocycles. The molecule has 0 fully saturated rings. The number of halogens is 1. The third-order valence-corrected chi connectivity index (χ3v) is 4.33. The fourth-order valence-corrected chi connectivity index (χ4v) is 3.22. The summed E-state index contributed by atoms with van der Waals surface area (Å²) >= 11 is 1.68. The standard InChI is InChI=1S/C17H16FNOS/c1-19-9-12-6-7-16(15(18)8-12)20-10-13-11-21-17-5-3-2-4-14(13)17/h2-8,11,19H,9-10H2,1H3. The quantitative estimate of drug-likeness (QED) is 0.757. The van der Waals surface area contributed by atoms with Gasteiger partial charge in [0.1, 0.15) is 6.61 Å². The molecule has 1 heterocycles. The summed E-state index contributed by atoms with van der Waals surface area (Å²) in [7, 11) is 1.84. The van der Waals surface area contributed by atoms with Crippen LogP contribution >= 0.6 is 11.3 Å². The van der Waals surface area contributed by atoms with Crippen molar-refractivity contribution in [1.29, 1.82) is 0 Å². The Hall–Kier alpha value is -1.91. The van der Waals surface area contributed by atoms with E-state index in [1.54, 1.807) is 17.4 Å². The summed E-state index contributed by atoms with van der Waals surface area (Å²) in [5, 5.41) is 6.24. The number of hydrogen-bond acceptors (Lipinski definition) is 3. The van der Waals surface area contributed by atoms with Crippen molar-refractivity contribution >= 4 is 21.4 Å². The van der Waals surface area contributed by atoms with Gasteiger partial charge in [0, 0.05) is 16.8 Å². The first kappa shape index (κ1) is 14.0. The van der Waals surface area contributed by atoms with Gasteiger partial charge in [-0.15, -0.1) is 11.3 Å².